The fraction of sp³-hybridized carbons (Fsp3) is 0.0952. The summed E-state index contributed by atoms with van der Waals surface area (Å²) in [5, 5.41) is 12.3. The number of rotatable bonds is 2. The van der Waals surface area contributed by atoms with Gasteiger partial charge >= 0.3 is 11.9 Å². The first-order chi connectivity index (χ1) is 13.8. The minimum atomic E-state index is -1.61. The number of benzene rings is 2. The summed E-state index contributed by atoms with van der Waals surface area (Å²) in [7, 11) is 0. The van der Waals surface area contributed by atoms with E-state index in [9.17, 15) is 14.4 Å². The van der Waals surface area contributed by atoms with E-state index >= 15 is 0 Å². The van der Waals surface area contributed by atoms with Crippen LogP contribution >= 0.6 is 23.2 Å². The van der Waals surface area contributed by atoms with Crippen molar-refractivity contribution in [3.8, 4) is 0 Å². The molecule has 0 unspecified atom stereocenters. The third-order valence-corrected chi connectivity index (χ3v) is 5.35. The van der Waals surface area contributed by atoms with Gasteiger partial charge in [-0.25, -0.2) is 4.79 Å². The quantitative estimate of drug-likeness (QED) is 0.579. The number of carbonyl (C=O) groups is 2. The van der Waals surface area contributed by atoms with Gasteiger partial charge in [-0.3, -0.25) is 9.59 Å². The lowest BCUT2D eigenvalue weighted by Crippen LogP contribution is -2.21. The van der Waals surface area contributed by atoms with Crippen molar-refractivity contribution in [1.29, 1.82) is 0 Å². The van der Waals surface area contributed by atoms with Gasteiger partial charge in [0, 0.05) is 32.9 Å². The maximum atomic E-state index is 12.9. The van der Waals surface area contributed by atoms with E-state index in [2.05, 4.69) is 5.32 Å². The predicted octanol–water partition coefficient (Wildman–Crippen LogP) is 4.61. The van der Waals surface area contributed by atoms with Crippen LogP contribution in [0.15, 0.2) is 45.6 Å². The minimum Gasteiger partial charge on any atom is -0.474 e. The Hall–Kier alpha value is -3.09. The molecule has 0 radical (unpaired) electrons. The first kappa shape index (κ1) is 19.2. The zero-order valence-electron chi connectivity index (χ0n) is 14.8. The van der Waals surface area contributed by atoms with E-state index < -0.39 is 11.9 Å². The fourth-order valence-corrected chi connectivity index (χ4v) is 3.82. The molecule has 4 rings (SSSR count). The van der Waals surface area contributed by atoms with Crippen LogP contribution in [0.2, 0.25) is 10.0 Å². The molecule has 0 spiro atoms. The molecular formula is C21H13Cl2NO5. The molecule has 1 heterocycles. The van der Waals surface area contributed by atoms with Gasteiger partial charge in [0.15, 0.2) is 5.43 Å². The molecular weight excluding hydrogens is 417 g/mol. The van der Waals surface area contributed by atoms with Gasteiger partial charge in [-0.1, -0.05) is 29.3 Å². The highest BCUT2D eigenvalue weighted by Gasteiger charge is 2.25. The van der Waals surface area contributed by atoms with Crippen LogP contribution < -0.4 is 10.7 Å². The van der Waals surface area contributed by atoms with Crippen LogP contribution in [-0.2, 0) is 16.0 Å². The van der Waals surface area contributed by atoms with Crippen molar-refractivity contribution in [2.24, 2.45) is 0 Å². The van der Waals surface area contributed by atoms with Crippen LogP contribution in [0, 0.1) is 0 Å². The van der Waals surface area contributed by atoms with Crippen LogP contribution in [0.4, 0.5) is 5.69 Å². The Kier molecular flexibility index (Phi) is 4.90. The van der Waals surface area contributed by atoms with Gasteiger partial charge in [-0.05, 0) is 48.8 Å². The molecule has 146 valence electrons. The molecule has 1 amide bonds. The van der Waals surface area contributed by atoms with Crippen LogP contribution in [-0.4, -0.2) is 17.0 Å². The number of aliphatic carboxylic acids is 1. The van der Waals surface area contributed by atoms with E-state index in [1.54, 1.807) is 24.3 Å². The molecule has 0 bridgehead atoms. The lowest BCUT2D eigenvalue weighted by Gasteiger charge is -2.07. The summed E-state index contributed by atoms with van der Waals surface area (Å²) in [5.41, 5.74) is 2.29. The number of carbonyl (C=O) groups excluding carboxylic acids is 1. The normalized spacial score (nSPS) is 14.2. The number of nitrogens with one attached hydrogen (secondary N) is 1. The Morgan fingerprint density at radius 3 is 2.52 bits per heavy atom. The van der Waals surface area contributed by atoms with E-state index in [0.29, 0.717) is 45.2 Å². The molecule has 0 fully saturated rings. The number of carboxylic acids is 1. The molecule has 0 saturated heterocycles. The Morgan fingerprint density at radius 1 is 1.10 bits per heavy atom. The van der Waals surface area contributed by atoms with Crippen LogP contribution in [0.5, 0.6) is 0 Å². The molecule has 1 aromatic heterocycles. The van der Waals surface area contributed by atoms with Crippen LogP contribution in [0.1, 0.15) is 23.3 Å². The number of halogens is 2. The molecule has 1 aliphatic rings. The summed E-state index contributed by atoms with van der Waals surface area (Å²) in [6, 6.07) is 9.59. The van der Waals surface area contributed by atoms with Gasteiger partial charge in [0.05, 0.1) is 5.39 Å². The summed E-state index contributed by atoms with van der Waals surface area (Å²) >= 11 is 12.5. The van der Waals surface area contributed by atoms with Gasteiger partial charge in [0.25, 0.3) is 0 Å². The number of fused-ring (bicyclic) bond motifs is 2. The minimum absolute atomic E-state index is 0.161. The molecule has 29 heavy (non-hydrogen) atoms. The van der Waals surface area contributed by atoms with E-state index in [1.165, 1.54) is 18.2 Å². The van der Waals surface area contributed by atoms with E-state index in [4.69, 9.17) is 32.7 Å². The summed E-state index contributed by atoms with van der Waals surface area (Å²) in [4.78, 5) is 35.0. The van der Waals surface area contributed by atoms with Crippen LogP contribution in [0.3, 0.4) is 0 Å². The van der Waals surface area contributed by atoms with Crippen molar-refractivity contribution >= 4 is 63.4 Å². The maximum absolute atomic E-state index is 12.9. The zero-order chi connectivity index (χ0) is 20.7. The molecule has 3 aromatic rings. The Morgan fingerprint density at radius 2 is 1.83 bits per heavy atom. The second kappa shape index (κ2) is 7.39. The Balaban J connectivity index is 1.83. The van der Waals surface area contributed by atoms with Crippen molar-refractivity contribution in [2.45, 2.75) is 12.8 Å². The third kappa shape index (κ3) is 3.52. The second-order valence-corrected chi connectivity index (χ2v) is 7.33. The van der Waals surface area contributed by atoms with Gasteiger partial charge in [0.1, 0.15) is 11.3 Å². The van der Waals surface area contributed by atoms with Gasteiger partial charge in [-0.15, -0.1) is 0 Å². The monoisotopic (exact) mass is 429 g/mol. The van der Waals surface area contributed by atoms with E-state index in [0.717, 1.165) is 5.57 Å². The molecule has 1 aliphatic carbocycles. The summed E-state index contributed by atoms with van der Waals surface area (Å²) < 4.78 is 5.98. The lowest BCUT2D eigenvalue weighted by molar-refractivity contribution is -0.147. The summed E-state index contributed by atoms with van der Waals surface area (Å²) in [5.74, 6) is -2.34. The number of carboxylic acid groups (broad SMARTS) is 1. The highest BCUT2D eigenvalue weighted by atomic mass is 35.5. The van der Waals surface area contributed by atoms with Gasteiger partial charge in [0.2, 0.25) is 0 Å². The topological polar surface area (TPSA) is 96.6 Å². The Labute approximate surface area is 174 Å². The highest BCUT2D eigenvalue weighted by molar-refractivity contribution is 6.37. The van der Waals surface area contributed by atoms with Crippen molar-refractivity contribution in [3.63, 3.8) is 0 Å². The average Bonchev–Trinajstić information content (AvgIpc) is 3.07. The number of amides is 1. The van der Waals surface area contributed by atoms with E-state index in [1.807, 2.05) is 0 Å². The summed E-state index contributed by atoms with van der Waals surface area (Å²) in [6.07, 6.45) is 2.93. The van der Waals surface area contributed by atoms with Gasteiger partial charge < -0.3 is 14.8 Å². The second-order valence-electron chi connectivity index (χ2n) is 6.51. The standard InChI is InChI=1S/C21H13Cl2NO5/c22-15-2-1-3-16(23)14(15)8-10-4-6-13-18(25)12-7-5-11(24-20(26)21(27)28)9-17(12)29-19(10)13/h1-3,5,7-9H,4,6H2,(H,24,26)(H,27,28). The average molecular weight is 430 g/mol. The molecule has 8 heteroatoms. The fourth-order valence-electron chi connectivity index (χ4n) is 3.31. The number of anilines is 1. The predicted molar refractivity (Wildman–Crippen MR) is 111 cm³/mol. The summed E-state index contributed by atoms with van der Waals surface area (Å²) in [6.45, 7) is 0. The van der Waals surface area contributed by atoms with Crippen molar-refractivity contribution < 1.29 is 19.1 Å². The largest absolute Gasteiger partial charge is 0.474 e. The van der Waals surface area contributed by atoms with E-state index in [-0.39, 0.29) is 16.7 Å². The van der Waals surface area contributed by atoms with Crippen molar-refractivity contribution in [2.75, 3.05) is 5.32 Å². The zero-order valence-corrected chi connectivity index (χ0v) is 16.3. The lowest BCUT2D eigenvalue weighted by atomic mass is 10.1. The maximum Gasteiger partial charge on any atom is 0.394 e. The smallest absolute Gasteiger partial charge is 0.394 e. The molecule has 2 N–H and O–H groups in total. The molecule has 6 nitrogen and oxygen atoms in total. The number of hydrogen-bond acceptors (Lipinski definition) is 4. The van der Waals surface area contributed by atoms with Gasteiger partial charge in [-0.2, -0.15) is 0 Å². The number of hydrogen-bond donors (Lipinski definition) is 2. The molecule has 0 saturated carbocycles. The number of allylic oxidation sites excluding steroid dienone is 1. The highest BCUT2D eigenvalue weighted by Crippen LogP contribution is 2.37. The SMILES string of the molecule is O=C(O)C(=O)Nc1ccc2c(=O)c3c(oc2c1)C(=Cc1c(Cl)cccc1Cl)CC3. The molecule has 0 aliphatic heterocycles. The van der Waals surface area contributed by atoms with Crippen molar-refractivity contribution in [1.82, 2.24) is 0 Å². The third-order valence-electron chi connectivity index (χ3n) is 4.69. The first-order valence-electron chi connectivity index (χ1n) is 8.64. The van der Waals surface area contributed by atoms with Crippen molar-refractivity contribution in [3.05, 3.63) is 73.6 Å². The molecule has 0 atom stereocenters. The Bertz CT molecular complexity index is 1260. The van der Waals surface area contributed by atoms with Crippen LogP contribution in [0.25, 0.3) is 22.6 Å². The first-order valence-corrected chi connectivity index (χ1v) is 9.39. The molecule has 2 aromatic carbocycles.